The lowest BCUT2D eigenvalue weighted by molar-refractivity contribution is -0.174. The number of aliphatic hydroxyl groups is 2. The third-order valence-corrected chi connectivity index (χ3v) is 11.6. The Morgan fingerprint density at radius 2 is 1.71 bits per heavy atom. The second kappa shape index (κ2) is 9.64. The number of rotatable bonds is 7. The van der Waals surface area contributed by atoms with E-state index in [1.807, 2.05) is 0 Å². The highest BCUT2D eigenvalue weighted by atomic mass is 32.2. The minimum absolute atomic E-state index is 0.0625. The van der Waals surface area contributed by atoms with Crippen LogP contribution in [0.3, 0.4) is 0 Å². The first-order chi connectivity index (χ1) is 15.8. The normalized spacial score (nSPS) is 45.1. The highest BCUT2D eigenvalue weighted by Crippen LogP contribution is 2.68. The smallest absolute Gasteiger partial charge is 0.266 e. The third-order valence-electron chi connectivity index (χ3n) is 10.9. The molecule has 0 saturated heterocycles. The fraction of sp³-hybridized carbons (Fsp3) is 0.962. The minimum Gasteiger partial charge on any atom is -0.393 e. The molecule has 0 spiro atoms. The second-order valence-electron chi connectivity index (χ2n) is 12.6. The van der Waals surface area contributed by atoms with Crippen molar-refractivity contribution in [2.75, 3.05) is 12.3 Å². The predicted molar refractivity (Wildman–Crippen MR) is 130 cm³/mol. The molecule has 4 rings (SSSR count). The van der Waals surface area contributed by atoms with Crippen LogP contribution in [0.25, 0.3) is 0 Å². The Hall–Kier alpha value is -0.700. The van der Waals surface area contributed by atoms with Crippen LogP contribution in [-0.4, -0.2) is 53.6 Å². The summed E-state index contributed by atoms with van der Waals surface area (Å²) in [4.78, 5) is 12.2. The number of carbonyl (C=O) groups is 1. The van der Waals surface area contributed by atoms with Gasteiger partial charge in [-0.1, -0.05) is 20.8 Å². The van der Waals surface area contributed by atoms with Crippen LogP contribution in [0.2, 0.25) is 0 Å². The molecule has 4 fully saturated rings. The molecule has 4 N–H and O–H groups in total. The molecule has 0 heterocycles. The molecule has 0 unspecified atom stereocenters. The molecule has 0 aromatic carbocycles. The molecule has 7 nitrogen and oxygen atoms in total. The molecule has 0 aromatic heterocycles. The molecule has 8 heteroatoms. The van der Waals surface area contributed by atoms with E-state index in [1.54, 1.807) is 0 Å². The Labute approximate surface area is 205 Å². The van der Waals surface area contributed by atoms with Crippen LogP contribution in [0.15, 0.2) is 0 Å². The molecule has 4 aliphatic carbocycles. The van der Waals surface area contributed by atoms with Gasteiger partial charge < -0.3 is 15.5 Å². The molecular weight excluding hydrogens is 454 g/mol. The van der Waals surface area contributed by atoms with E-state index in [1.165, 1.54) is 6.42 Å². The van der Waals surface area contributed by atoms with E-state index in [9.17, 15) is 23.4 Å². The maximum atomic E-state index is 12.2. The highest BCUT2D eigenvalue weighted by Gasteiger charge is 2.62. The van der Waals surface area contributed by atoms with Gasteiger partial charge in [-0.2, -0.15) is 8.42 Å². The van der Waals surface area contributed by atoms with Gasteiger partial charge in [0.2, 0.25) is 5.91 Å². The van der Waals surface area contributed by atoms with Crippen LogP contribution < -0.4 is 5.32 Å². The van der Waals surface area contributed by atoms with Crippen molar-refractivity contribution in [2.24, 2.45) is 46.3 Å². The van der Waals surface area contributed by atoms with Gasteiger partial charge in [0.05, 0.1) is 18.0 Å². The summed E-state index contributed by atoms with van der Waals surface area (Å²) in [6, 6.07) is 0. The monoisotopic (exact) mass is 499 g/mol. The summed E-state index contributed by atoms with van der Waals surface area (Å²) in [6.45, 7) is 7.05. The Balaban J connectivity index is 1.39. The minimum atomic E-state index is -4.06. The van der Waals surface area contributed by atoms with Gasteiger partial charge in [-0.15, -0.1) is 0 Å². The van der Waals surface area contributed by atoms with Gasteiger partial charge in [0.1, 0.15) is 0 Å². The van der Waals surface area contributed by atoms with E-state index in [-0.39, 0.29) is 35.5 Å². The molecule has 34 heavy (non-hydrogen) atoms. The number of nitrogens with one attached hydrogen (secondary N) is 1. The third kappa shape index (κ3) is 4.94. The van der Waals surface area contributed by atoms with Crippen LogP contribution >= 0.6 is 0 Å². The summed E-state index contributed by atoms with van der Waals surface area (Å²) in [5, 5.41) is 24.2. The van der Waals surface area contributed by atoms with E-state index >= 15 is 0 Å². The van der Waals surface area contributed by atoms with Crippen molar-refractivity contribution >= 4 is 16.0 Å². The second-order valence-corrected chi connectivity index (χ2v) is 14.2. The maximum Gasteiger partial charge on any atom is 0.266 e. The maximum absolute atomic E-state index is 12.2. The Morgan fingerprint density at radius 3 is 2.41 bits per heavy atom. The standard InChI is InChI=1S/C26H45NO6S/c1-16(4-7-23(30)27-12-13-34(31,32)33)19-5-6-20-24-21(9-11-26(19,20)3)25(2)10-8-18(28)14-17(25)15-22(24)29/h16-22,24,28-29H,4-15H2,1-3H3,(H,27,30)(H,31,32,33)/t16-,17+,18-,19-,20+,21+,22+,24+,25-,26-/m0/s1. The van der Waals surface area contributed by atoms with Crippen molar-refractivity contribution in [3.05, 3.63) is 0 Å². The van der Waals surface area contributed by atoms with Crippen LogP contribution in [-0.2, 0) is 14.9 Å². The number of carbonyl (C=O) groups excluding carboxylic acids is 1. The Morgan fingerprint density at radius 1 is 1.03 bits per heavy atom. The molecule has 0 aliphatic heterocycles. The summed E-state index contributed by atoms with van der Waals surface area (Å²) < 4.78 is 30.5. The van der Waals surface area contributed by atoms with Gasteiger partial charge in [-0.3, -0.25) is 9.35 Å². The first-order valence-electron chi connectivity index (χ1n) is 13.4. The highest BCUT2D eigenvalue weighted by molar-refractivity contribution is 7.85. The van der Waals surface area contributed by atoms with Crippen molar-refractivity contribution in [3.8, 4) is 0 Å². The van der Waals surface area contributed by atoms with E-state index in [0.717, 1.165) is 51.4 Å². The molecule has 0 radical (unpaired) electrons. The summed E-state index contributed by atoms with van der Waals surface area (Å²) in [5.74, 6) is 2.10. The van der Waals surface area contributed by atoms with E-state index < -0.39 is 15.9 Å². The van der Waals surface area contributed by atoms with Crippen LogP contribution in [0.5, 0.6) is 0 Å². The zero-order valence-electron chi connectivity index (χ0n) is 21.1. The molecule has 1 amide bonds. The largest absolute Gasteiger partial charge is 0.393 e. The SMILES string of the molecule is C[C@@H](CCC(=O)NCCS(=O)(=O)O)[C@@H]1CC[C@@H]2[C@H]3[C@H](O)C[C@H]4C[C@@H](O)CC[C@]4(C)[C@@H]3CC[C@]21C. The molecule has 0 bridgehead atoms. The molecule has 10 atom stereocenters. The van der Waals surface area contributed by atoms with Crippen LogP contribution in [0.1, 0.15) is 85.0 Å². The average Bonchev–Trinajstić information content (AvgIpc) is 3.09. The molecule has 196 valence electrons. The fourth-order valence-corrected chi connectivity index (χ4v) is 9.50. The first-order valence-corrected chi connectivity index (χ1v) is 15.0. The number of fused-ring (bicyclic) bond motifs is 5. The lowest BCUT2D eigenvalue weighted by Crippen LogP contribution is -2.58. The summed E-state index contributed by atoms with van der Waals surface area (Å²) in [5.41, 5.74) is 0.411. The summed E-state index contributed by atoms with van der Waals surface area (Å²) in [7, 11) is -4.06. The van der Waals surface area contributed by atoms with Gasteiger partial charge in [-0.05, 0) is 104 Å². The zero-order chi connectivity index (χ0) is 24.9. The lowest BCUT2D eigenvalue weighted by Gasteiger charge is -2.62. The van der Waals surface area contributed by atoms with E-state index in [0.29, 0.717) is 41.9 Å². The van der Waals surface area contributed by atoms with Crippen molar-refractivity contribution < 1.29 is 28.0 Å². The Bertz CT molecular complexity index is 863. The lowest BCUT2D eigenvalue weighted by atomic mass is 9.43. The summed E-state index contributed by atoms with van der Waals surface area (Å²) in [6.07, 6.45) is 8.87. The van der Waals surface area contributed by atoms with Gasteiger partial charge in [0.15, 0.2) is 0 Å². The number of amides is 1. The van der Waals surface area contributed by atoms with Gasteiger partial charge in [0, 0.05) is 13.0 Å². The molecule has 4 aliphatic rings. The average molecular weight is 500 g/mol. The number of aliphatic hydroxyl groups excluding tert-OH is 2. The topological polar surface area (TPSA) is 124 Å². The van der Waals surface area contributed by atoms with Crippen LogP contribution in [0, 0.1) is 46.3 Å². The predicted octanol–water partition coefficient (Wildman–Crippen LogP) is 3.40. The van der Waals surface area contributed by atoms with Crippen LogP contribution in [0.4, 0.5) is 0 Å². The van der Waals surface area contributed by atoms with Gasteiger partial charge in [0.25, 0.3) is 10.1 Å². The molecular formula is C26H45NO6S. The van der Waals surface area contributed by atoms with Gasteiger partial charge >= 0.3 is 0 Å². The van der Waals surface area contributed by atoms with E-state index in [4.69, 9.17) is 4.55 Å². The Kier molecular flexibility index (Phi) is 7.47. The number of hydrogen-bond acceptors (Lipinski definition) is 5. The summed E-state index contributed by atoms with van der Waals surface area (Å²) >= 11 is 0. The first kappa shape index (κ1) is 26.4. The van der Waals surface area contributed by atoms with Crippen molar-refractivity contribution in [2.45, 2.75) is 97.2 Å². The van der Waals surface area contributed by atoms with Crippen molar-refractivity contribution in [3.63, 3.8) is 0 Å². The molecule has 4 saturated carbocycles. The zero-order valence-corrected chi connectivity index (χ0v) is 21.9. The van der Waals surface area contributed by atoms with Crippen molar-refractivity contribution in [1.29, 1.82) is 0 Å². The van der Waals surface area contributed by atoms with Gasteiger partial charge in [-0.25, -0.2) is 0 Å². The van der Waals surface area contributed by atoms with E-state index in [2.05, 4.69) is 26.1 Å². The van der Waals surface area contributed by atoms with Crippen molar-refractivity contribution in [1.82, 2.24) is 5.32 Å². The fourth-order valence-electron chi connectivity index (χ4n) is 9.14. The molecule has 0 aromatic rings. The quantitative estimate of drug-likeness (QED) is 0.398. The number of hydrogen-bond donors (Lipinski definition) is 4.